The molecule has 1 aromatic carbocycles. The third-order valence-electron chi connectivity index (χ3n) is 3.29. The molecule has 1 saturated heterocycles. The highest BCUT2D eigenvalue weighted by Gasteiger charge is 2.19. The van der Waals surface area contributed by atoms with Gasteiger partial charge in [-0.1, -0.05) is 30.3 Å². The molecular weight excluding hydrogens is 183 g/mol. The Morgan fingerprint density at radius 3 is 2.67 bits per heavy atom. The minimum atomic E-state index is 0.683. The van der Waals surface area contributed by atoms with Crippen molar-refractivity contribution in [3.05, 3.63) is 35.9 Å². The van der Waals surface area contributed by atoms with E-state index in [-0.39, 0.29) is 0 Å². The van der Waals surface area contributed by atoms with Gasteiger partial charge in [-0.25, -0.2) is 0 Å². The van der Waals surface area contributed by atoms with Crippen molar-refractivity contribution in [1.29, 1.82) is 0 Å². The maximum absolute atomic E-state index is 2.54. The average molecular weight is 202 g/mol. The second kappa shape index (κ2) is 4.82. The molecule has 0 radical (unpaired) electrons. The predicted molar refractivity (Wildman–Crippen MR) is 66.4 cm³/mol. The van der Waals surface area contributed by atoms with Crippen molar-refractivity contribution >= 4 is 7.98 Å². The molecule has 1 heterocycles. The lowest BCUT2D eigenvalue weighted by atomic mass is 10.1. The van der Waals surface area contributed by atoms with Crippen LogP contribution in [0.5, 0.6) is 0 Å². The molecule has 1 aromatic rings. The summed E-state index contributed by atoms with van der Waals surface area (Å²) < 4.78 is 0. The average Bonchev–Trinajstić information content (AvgIpc) is 2.25. The maximum Gasteiger partial charge on any atom is 0.185 e. The Morgan fingerprint density at radius 2 is 2.00 bits per heavy atom. The molecule has 1 aliphatic rings. The van der Waals surface area contributed by atoms with Crippen LogP contribution in [0.2, 0.25) is 0 Å². The van der Waals surface area contributed by atoms with Crippen LogP contribution in [0.25, 0.3) is 0 Å². The summed E-state index contributed by atoms with van der Waals surface area (Å²) in [5, 5.41) is 0. The first-order chi connectivity index (χ1) is 7.25. The van der Waals surface area contributed by atoms with Crippen LogP contribution in [-0.2, 0) is 6.54 Å². The number of rotatable bonds is 2. The molecule has 1 fully saturated rings. The number of hydrogen-bond donors (Lipinski definition) is 0. The second-order valence-corrected chi connectivity index (χ2v) is 4.55. The lowest BCUT2D eigenvalue weighted by Crippen LogP contribution is -2.50. The third-order valence-corrected chi connectivity index (χ3v) is 3.29. The van der Waals surface area contributed by atoms with E-state index in [1.54, 1.807) is 0 Å². The molecular formula is C12H19BN2. The zero-order chi connectivity index (χ0) is 10.7. The molecule has 15 heavy (non-hydrogen) atoms. The van der Waals surface area contributed by atoms with Gasteiger partial charge in [0.1, 0.15) is 0 Å². The Balaban J connectivity index is 1.91. The topological polar surface area (TPSA) is 6.48 Å². The fourth-order valence-corrected chi connectivity index (χ4v) is 2.11. The molecule has 3 heteroatoms. The minimum Gasteiger partial charge on any atom is -0.344 e. The van der Waals surface area contributed by atoms with E-state index < -0.39 is 0 Å². The van der Waals surface area contributed by atoms with Gasteiger partial charge in [0.2, 0.25) is 0 Å². The van der Waals surface area contributed by atoms with Crippen LogP contribution >= 0.6 is 0 Å². The van der Waals surface area contributed by atoms with Crippen LogP contribution < -0.4 is 0 Å². The second-order valence-electron chi connectivity index (χ2n) is 4.55. The minimum absolute atomic E-state index is 0.683. The highest BCUT2D eigenvalue weighted by atomic mass is 15.2. The molecule has 0 N–H and O–H groups in total. The highest BCUT2D eigenvalue weighted by Crippen LogP contribution is 2.10. The summed E-state index contributed by atoms with van der Waals surface area (Å²) in [7, 11) is 2.21. The third kappa shape index (κ3) is 2.83. The van der Waals surface area contributed by atoms with Crippen LogP contribution in [0, 0.1) is 0 Å². The van der Waals surface area contributed by atoms with E-state index in [0.717, 1.165) is 6.54 Å². The van der Waals surface area contributed by atoms with Gasteiger partial charge < -0.3 is 4.81 Å². The summed E-state index contributed by atoms with van der Waals surface area (Å²) in [4.78, 5) is 4.97. The largest absolute Gasteiger partial charge is 0.344 e. The zero-order valence-electron chi connectivity index (χ0n) is 9.69. The molecule has 2 nitrogen and oxygen atoms in total. The van der Waals surface area contributed by atoms with Gasteiger partial charge in [-0.2, -0.15) is 0 Å². The van der Waals surface area contributed by atoms with E-state index in [4.69, 9.17) is 0 Å². The molecule has 0 amide bonds. The summed E-state index contributed by atoms with van der Waals surface area (Å²) in [6.07, 6.45) is 0. The Morgan fingerprint density at radius 1 is 1.27 bits per heavy atom. The summed E-state index contributed by atoms with van der Waals surface area (Å²) >= 11 is 0. The number of benzene rings is 1. The molecule has 0 aliphatic carbocycles. The van der Waals surface area contributed by atoms with Gasteiger partial charge in [-0.15, -0.1) is 0 Å². The van der Waals surface area contributed by atoms with E-state index in [1.807, 2.05) is 0 Å². The lowest BCUT2D eigenvalue weighted by molar-refractivity contribution is 0.140. The van der Waals surface area contributed by atoms with Crippen LogP contribution in [0.15, 0.2) is 30.3 Å². The summed E-state index contributed by atoms with van der Waals surface area (Å²) in [6.45, 7) is 6.96. The fourth-order valence-electron chi connectivity index (χ4n) is 2.11. The van der Waals surface area contributed by atoms with Crippen molar-refractivity contribution in [3.63, 3.8) is 0 Å². The fraction of sp³-hybridized carbons (Fsp3) is 0.500. The number of piperazine rings is 1. The van der Waals surface area contributed by atoms with E-state index in [2.05, 4.69) is 54.9 Å². The Labute approximate surface area is 93.3 Å². The lowest BCUT2D eigenvalue weighted by Gasteiger charge is -2.38. The first-order valence-electron chi connectivity index (χ1n) is 5.72. The van der Waals surface area contributed by atoms with Crippen LogP contribution in [0.1, 0.15) is 12.5 Å². The van der Waals surface area contributed by atoms with Gasteiger partial charge in [0.15, 0.2) is 7.98 Å². The van der Waals surface area contributed by atoms with Gasteiger partial charge in [0.25, 0.3) is 0 Å². The van der Waals surface area contributed by atoms with Crippen molar-refractivity contribution in [3.8, 4) is 0 Å². The van der Waals surface area contributed by atoms with Gasteiger partial charge in [-0.3, -0.25) is 4.90 Å². The van der Waals surface area contributed by atoms with Crippen molar-refractivity contribution in [2.45, 2.75) is 19.5 Å². The van der Waals surface area contributed by atoms with Crippen LogP contribution in [-0.4, -0.2) is 43.4 Å². The van der Waals surface area contributed by atoms with Crippen LogP contribution in [0.3, 0.4) is 0 Å². The standard InChI is InChI=1S/C12H19BN2/c1-11-9-14(7-8-15(11)13)10-12-5-3-2-4-6-12/h2-6,11H,7-10,13H2,1H3. The van der Waals surface area contributed by atoms with E-state index in [9.17, 15) is 0 Å². The molecule has 1 unspecified atom stereocenters. The molecule has 80 valence electrons. The zero-order valence-corrected chi connectivity index (χ0v) is 9.69. The summed E-state index contributed by atoms with van der Waals surface area (Å²) in [6, 6.07) is 11.4. The SMILES string of the molecule is BN1CCN(Cc2ccccc2)CC1C. The van der Waals surface area contributed by atoms with Crippen LogP contribution in [0.4, 0.5) is 0 Å². The summed E-state index contributed by atoms with van der Waals surface area (Å²) in [5.41, 5.74) is 1.43. The Bertz CT molecular complexity index is 302. The molecule has 2 rings (SSSR count). The summed E-state index contributed by atoms with van der Waals surface area (Å²) in [5.74, 6) is 0. The van der Waals surface area contributed by atoms with Gasteiger partial charge >= 0.3 is 0 Å². The van der Waals surface area contributed by atoms with Crippen molar-refractivity contribution < 1.29 is 0 Å². The molecule has 0 bridgehead atoms. The van der Waals surface area contributed by atoms with E-state index >= 15 is 0 Å². The smallest absolute Gasteiger partial charge is 0.185 e. The van der Waals surface area contributed by atoms with Crippen molar-refractivity contribution in [2.24, 2.45) is 0 Å². The predicted octanol–water partition coefficient (Wildman–Crippen LogP) is 0.741. The molecule has 1 atom stereocenters. The van der Waals surface area contributed by atoms with Gasteiger partial charge in [-0.05, 0) is 19.0 Å². The first-order valence-corrected chi connectivity index (χ1v) is 5.72. The Kier molecular flexibility index (Phi) is 3.44. The number of nitrogens with zero attached hydrogens (tertiary/aromatic N) is 2. The van der Waals surface area contributed by atoms with Crippen molar-refractivity contribution in [2.75, 3.05) is 19.6 Å². The van der Waals surface area contributed by atoms with Gasteiger partial charge in [0, 0.05) is 25.7 Å². The quantitative estimate of drug-likeness (QED) is 0.652. The molecule has 0 saturated carbocycles. The van der Waals surface area contributed by atoms with E-state index in [0.29, 0.717) is 6.04 Å². The van der Waals surface area contributed by atoms with Gasteiger partial charge in [0.05, 0.1) is 0 Å². The van der Waals surface area contributed by atoms with E-state index in [1.165, 1.54) is 25.2 Å². The Hall–Kier alpha value is -0.795. The monoisotopic (exact) mass is 202 g/mol. The highest BCUT2D eigenvalue weighted by molar-refractivity contribution is 6.04. The normalized spacial score (nSPS) is 24.2. The number of hydrogen-bond acceptors (Lipinski definition) is 2. The molecule has 1 aliphatic heterocycles. The molecule has 0 aromatic heterocycles. The van der Waals surface area contributed by atoms with Crippen molar-refractivity contribution in [1.82, 2.24) is 9.71 Å². The maximum atomic E-state index is 2.54. The molecule has 0 spiro atoms. The first kappa shape index (κ1) is 10.7.